The smallest absolute Gasteiger partial charge is 0.292 e. The van der Waals surface area contributed by atoms with Crippen LogP contribution in [0, 0.1) is 0 Å². The molecule has 1 rings (SSSR count). The minimum Gasteiger partial charge on any atom is -0.471 e. The first kappa shape index (κ1) is 12.4. The fourth-order valence-electron chi connectivity index (χ4n) is 0.631. The lowest BCUT2D eigenvalue weighted by atomic mass is 10.3. The Morgan fingerprint density at radius 3 is 2.21 bits per heavy atom. The molecule has 0 saturated carbocycles. The molecule has 0 unspecified atom stereocenters. The van der Waals surface area contributed by atoms with Crippen molar-refractivity contribution in [1.29, 1.82) is 0 Å². The summed E-state index contributed by atoms with van der Waals surface area (Å²) in [5.74, 6) is 0. The van der Waals surface area contributed by atoms with Crippen LogP contribution in [0.5, 0.6) is 0 Å². The summed E-state index contributed by atoms with van der Waals surface area (Å²) >= 11 is 0. The van der Waals surface area contributed by atoms with Gasteiger partial charge in [-0.05, 0) is 12.1 Å². The zero-order valence-electron chi connectivity index (χ0n) is 8.19. The van der Waals surface area contributed by atoms with E-state index in [1.54, 1.807) is 7.11 Å². The Hall–Kier alpha value is -1.59. The molecular formula is C9H14N2O3. The molecule has 5 nitrogen and oxygen atoms in total. The van der Waals surface area contributed by atoms with E-state index in [2.05, 4.69) is 20.6 Å². The van der Waals surface area contributed by atoms with E-state index in [4.69, 9.17) is 4.79 Å². The lowest BCUT2D eigenvalue weighted by Crippen LogP contribution is -2.19. The molecule has 78 valence electrons. The van der Waals surface area contributed by atoms with E-state index in [9.17, 15) is 0 Å². The van der Waals surface area contributed by atoms with Gasteiger partial charge in [-0.25, -0.2) is 0 Å². The molecule has 0 amide bonds. The van der Waals surface area contributed by atoms with Gasteiger partial charge in [0.15, 0.2) is 0 Å². The summed E-state index contributed by atoms with van der Waals surface area (Å²) < 4.78 is 3.86. The van der Waals surface area contributed by atoms with Gasteiger partial charge in [-0.3, -0.25) is 15.1 Å². The highest BCUT2D eigenvalue weighted by Crippen LogP contribution is 2.01. The standard InChI is InChI=1S/C7H10N2O.C2H4O2/c1-10-9-8-7-5-3-2-4-6-7;1-4-2-3/h2-6,8-9H,1H3;2H,1H3. The van der Waals surface area contributed by atoms with Gasteiger partial charge in [-0.1, -0.05) is 18.2 Å². The number of rotatable bonds is 4. The van der Waals surface area contributed by atoms with Gasteiger partial charge in [0.2, 0.25) is 0 Å². The molecular weight excluding hydrogens is 184 g/mol. The number of nitrogens with one attached hydrogen (secondary N) is 2. The number of hydrazine groups is 1. The van der Waals surface area contributed by atoms with Crippen molar-refractivity contribution in [3.05, 3.63) is 30.3 Å². The molecule has 1 aromatic rings. The Morgan fingerprint density at radius 2 is 1.79 bits per heavy atom. The molecule has 1 aromatic carbocycles. The molecule has 14 heavy (non-hydrogen) atoms. The largest absolute Gasteiger partial charge is 0.471 e. The monoisotopic (exact) mass is 198 g/mol. The third-order valence-electron chi connectivity index (χ3n) is 1.17. The predicted molar refractivity (Wildman–Crippen MR) is 53.3 cm³/mol. The normalized spacial score (nSPS) is 8.14. The average Bonchev–Trinajstić information content (AvgIpc) is 2.28. The number of para-hydroxylation sites is 1. The van der Waals surface area contributed by atoms with Crippen molar-refractivity contribution in [1.82, 2.24) is 5.59 Å². The van der Waals surface area contributed by atoms with E-state index < -0.39 is 0 Å². The van der Waals surface area contributed by atoms with Crippen LogP contribution in [0.1, 0.15) is 0 Å². The lowest BCUT2D eigenvalue weighted by Gasteiger charge is -2.03. The molecule has 0 bridgehead atoms. The molecule has 0 aliphatic rings. The summed E-state index contributed by atoms with van der Waals surface area (Å²) in [6.07, 6.45) is 0. The predicted octanol–water partition coefficient (Wildman–Crippen LogP) is 0.954. The third-order valence-corrected chi connectivity index (χ3v) is 1.17. The number of carbonyl (C=O) groups is 1. The molecule has 0 aromatic heterocycles. The number of anilines is 1. The van der Waals surface area contributed by atoms with Crippen LogP contribution >= 0.6 is 0 Å². The Labute approximate surface area is 82.9 Å². The summed E-state index contributed by atoms with van der Waals surface area (Å²) in [4.78, 5) is 13.5. The van der Waals surface area contributed by atoms with Gasteiger partial charge in [0.05, 0.1) is 19.9 Å². The van der Waals surface area contributed by atoms with E-state index in [1.165, 1.54) is 7.11 Å². The molecule has 5 heteroatoms. The van der Waals surface area contributed by atoms with E-state index >= 15 is 0 Å². The van der Waals surface area contributed by atoms with E-state index in [0.29, 0.717) is 6.47 Å². The number of carbonyl (C=O) groups excluding carboxylic acids is 1. The van der Waals surface area contributed by atoms with Crippen LogP contribution in [-0.4, -0.2) is 20.7 Å². The summed E-state index contributed by atoms with van der Waals surface area (Å²) in [5.41, 5.74) is 6.31. The maximum atomic E-state index is 8.95. The topological polar surface area (TPSA) is 59.6 Å². The van der Waals surface area contributed by atoms with E-state index in [1.807, 2.05) is 30.3 Å². The Balaban J connectivity index is 0.000000364. The highest BCUT2D eigenvalue weighted by Gasteiger charge is 1.83. The molecule has 0 saturated heterocycles. The van der Waals surface area contributed by atoms with Crippen molar-refractivity contribution >= 4 is 12.2 Å². The zero-order chi connectivity index (χ0) is 10.6. The van der Waals surface area contributed by atoms with Crippen molar-refractivity contribution in [2.75, 3.05) is 19.6 Å². The van der Waals surface area contributed by atoms with Gasteiger partial charge in [-0.15, -0.1) is 5.59 Å². The quantitative estimate of drug-likeness (QED) is 0.557. The molecule has 0 aliphatic carbocycles. The van der Waals surface area contributed by atoms with Crippen LogP contribution in [0.4, 0.5) is 5.69 Å². The highest BCUT2D eigenvalue weighted by atomic mass is 16.7. The second-order valence-corrected chi connectivity index (χ2v) is 2.13. The Kier molecular flexibility index (Phi) is 8.42. The van der Waals surface area contributed by atoms with Gasteiger partial charge in [0, 0.05) is 0 Å². The third kappa shape index (κ3) is 7.08. The van der Waals surface area contributed by atoms with Crippen molar-refractivity contribution in [2.24, 2.45) is 0 Å². The van der Waals surface area contributed by atoms with Crippen LogP contribution in [0.3, 0.4) is 0 Å². The van der Waals surface area contributed by atoms with Gasteiger partial charge >= 0.3 is 0 Å². The van der Waals surface area contributed by atoms with Crippen molar-refractivity contribution < 1.29 is 14.4 Å². The molecule has 0 atom stereocenters. The fraction of sp³-hybridized carbons (Fsp3) is 0.222. The second-order valence-electron chi connectivity index (χ2n) is 2.13. The molecule has 0 radical (unpaired) electrons. The van der Waals surface area contributed by atoms with E-state index in [0.717, 1.165) is 5.69 Å². The van der Waals surface area contributed by atoms with Crippen LogP contribution in [0.15, 0.2) is 30.3 Å². The number of benzene rings is 1. The minimum absolute atomic E-state index is 0.375. The SMILES string of the molecule is COC=O.CONNc1ccccc1. The molecule has 0 fully saturated rings. The zero-order valence-corrected chi connectivity index (χ0v) is 8.19. The number of ether oxygens (including phenoxy) is 1. The maximum Gasteiger partial charge on any atom is 0.292 e. The fourth-order valence-corrected chi connectivity index (χ4v) is 0.631. The molecule has 0 aliphatic heterocycles. The maximum absolute atomic E-state index is 8.95. The first-order chi connectivity index (χ1) is 6.85. The summed E-state index contributed by atoms with van der Waals surface area (Å²) in [7, 11) is 2.86. The van der Waals surface area contributed by atoms with Crippen LogP contribution in [-0.2, 0) is 14.4 Å². The van der Waals surface area contributed by atoms with Crippen molar-refractivity contribution in [2.45, 2.75) is 0 Å². The first-order valence-electron chi connectivity index (χ1n) is 3.90. The Morgan fingerprint density at radius 1 is 1.21 bits per heavy atom. The minimum atomic E-state index is 0.375. The average molecular weight is 198 g/mol. The first-order valence-corrected chi connectivity index (χ1v) is 3.90. The molecule has 0 heterocycles. The lowest BCUT2D eigenvalue weighted by molar-refractivity contribution is -0.126. The van der Waals surface area contributed by atoms with Gasteiger partial charge < -0.3 is 4.74 Å². The summed E-state index contributed by atoms with van der Waals surface area (Å²) in [6, 6.07) is 9.72. The van der Waals surface area contributed by atoms with Gasteiger partial charge in [-0.2, -0.15) is 0 Å². The molecule has 0 spiro atoms. The Bertz CT molecular complexity index is 229. The summed E-state index contributed by atoms with van der Waals surface area (Å²) in [5, 5.41) is 0. The summed E-state index contributed by atoms with van der Waals surface area (Å²) in [6.45, 7) is 0.375. The number of hydrogen-bond acceptors (Lipinski definition) is 5. The number of methoxy groups -OCH3 is 1. The van der Waals surface area contributed by atoms with Crippen LogP contribution in [0.25, 0.3) is 0 Å². The van der Waals surface area contributed by atoms with Crippen LogP contribution < -0.4 is 11.0 Å². The van der Waals surface area contributed by atoms with Crippen molar-refractivity contribution in [3.8, 4) is 0 Å². The van der Waals surface area contributed by atoms with Gasteiger partial charge in [0.25, 0.3) is 6.47 Å². The highest BCUT2D eigenvalue weighted by molar-refractivity contribution is 5.40. The van der Waals surface area contributed by atoms with Gasteiger partial charge in [0.1, 0.15) is 0 Å². The van der Waals surface area contributed by atoms with Crippen LogP contribution in [0.2, 0.25) is 0 Å². The number of hydrogen-bond donors (Lipinski definition) is 2. The van der Waals surface area contributed by atoms with E-state index in [-0.39, 0.29) is 0 Å². The van der Waals surface area contributed by atoms with Crippen molar-refractivity contribution in [3.63, 3.8) is 0 Å². The second kappa shape index (κ2) is 9.50. The molecule has 2 N–H and O–H groups in total.